The summed E-state index contributed by atoms with van der Waals surface area (Å²) >= 11 is 2.22. The van der Waals surface area contributed by atoms with Crippen molar-refractivity contribution in [3.05, 3.63) is 0 Å². The molecule has 1 rings (SSSR count). The maximum absolute atomic E-state index is 5.88. The Bertz CT molecular complexity index is 495. The number of terminal acetylenes is 1. The molecular formula is C28H53NS. The van der Waals surface area contributed by atoms with Gasteiger partial charge in [-0.15, -0.1) is 24.1 Å². The lowest BCUT2D eigenvalue weighted by atomic mass is 9.78. The first-order chi connectivity index (χ1) is 14.1. The van der Waals surface area contributed by atoms with Crippen molar-refractivity contribution in [3.63, 3.8) is 0 Å². The fraction of sp³-hybridized carbons (Fsp3) is 0.929. The Kier molecular flexibility index (Phi) is 13.1. The van der Waals surface area contributed by atoms with Crippen molar-refractivity contribution in [2.24, 2.45) is 41.4 Å². The standard InChI is InChI=1S/C28H53NS/c1-11-14-15-25(19(4)5)17-22(8)24(10)29-28-23(9)27(21(7)13-3)18-26(30-28)16-20(6)12-2/h3,19-29H,11-12,14-18H2,1-2,4-10H3. The van der Waals surface area contributed by atoms with Crippen molar-refractivity contribution in [2.45, 2.75) is 124 Å². The summed E-state index contributed by atoms with van der Waals surface area (Å²) in [6.45, 7) is 21.5. The molecule has 0 aromatic heterocycles. The molecule has 1 aliphatic rings. The average Bonchev–Trinajstić information content (AvgIpc) is 2.71. The molecule has 1 nitrogen and oxygen atoms in total. The number of nitrogens with one attached hydrogen (secondary N) is 1. The normalized spacial score (nSPS) is 29.8. The predicted octanol–water partition coefficient (Wildman–Crippen LogP) is 8.24. The Hall–Kier alpha value is -0.130. The number of hydrogen-bond donors (Lipinski definition) is 1. The predicted molar refractivity (Wildman–Crippen MR) is 139 cm³/mol. The van der Waals surface area contributed by atoms with E-state index in [1.165, 1.54) is 44.9 Å². The van der Waals surface area contributed by atoms with Gasteiger partial charge in [0, 0.05) is 17.2 Å². The summed E-state index contributed by atoms with van der Waals surface area (Å²) in [5.74, 6) is 7.87. The van der Waals surface area contributed by atoms with Crippen LogP contribution >= 0.6 is 11.8 Å². The van der Waals surface area contributed by atoms with E-state index in [0.29, 0.717) is 35.1 Å². The summed E-state index contributed by atoms with van der Waals surface area (Å²) in [4.78, 5) is 0. The van der Waals surface area contributed by atoms with E-state index < -0.39 is 0 Å². The van der Waals surface area contributed by atoms with E-state index in [0.717, 1.165) is 23.0 Å². The van der Waals surface area contributed by atoms with Gasteiger partial charge in [0.2, 0.25) is 0 Å². The third kappa shape index (κ3) is 8.78. The number of unbranched alkanes of at least 4 members (excludes halogenated alkanes) is 1. The monoisotopic (exact) mass is 435 g/mol. The van der Waals surface area contributed by atoms with Gasteiger partial charge in [0.05, 0.1) is 5.37 Å². The molecule has 0 aromatic rings. The van der Waals surface area contributed by atoms with E-state index in [9.17, 15) is 0 Å². The second kappa shape index (κ2) is 14.1. The van der Waals surface area contributed by atoms with Gasteiger partial charge >= 0.3 is 0 Å². The lowest BCUT2D eigenvalue weighted by Crippen LogP contribution is -2.48. The molecule has 2 heteroatoms. The van der Waals surface area contributed by atoms with Crippen molar-refractivity contribution in [3.8, 4) is 12.3 Å². The first-order valence-electron chi connectivity index (χ1n) is 13.0. The van der Waals surface area contributed by atoms with Gasteiger partial charge in [-0.2, -0.15) is 0 Å². The Labute approximate surface area is 194 Å². The molecule has 0 bridgehead atoms. The van der Waals surface area contributed by atoms with Crippen LogP contribution in [0.15, 0.2) is 0 Å². The van der Waals surface area contributed by atoms with Crippen LogP contribution in [0.1, 0.15) is 107 Å². The quantitative estimate of drug-likeness (QED) is 0.292. The van der Waals surface area contributed by atoms with Gasteiger partial charge in [-0.25, -0.2) is 0 Å². The summed E-state index contributed by atoms with van der Waals surface area (Å²) in [7, 11) is 0. The van der Waals surface area contributed by atoms with E-state index >= 15 is 0 Å². The molecule has 0 spiro atoms. The molecule has 1 heterocycles. The average molecular weight is 436 g/mol. The highest BCUT2D eigenvalue weighted by Gasteiger charge is 2.39. The Morgan fingerprint density at radius 2 is 1.77 bits per heavy atom. The van der Waals surface area contributed by atoms with Gasteiger partial charge in [0.15, 0.2) is 0 Å². The summed E-state index contributed by atoms with van der Waals surface area (Å²) in [5, 5.41) is 5.36. The second-order valence-corrected chi connectivity index (χ2v) is 12.4. The van der Waals surface area contributed by atoms with E-state index in [1.807, 2.05) is 0 Å². The highest BCUT2D eigenvalue weighted by atomic mass is 32.2. The Morgan fingerprint density at radius 3 is 2.30 bits per heavy atom. The van der Waals surface area contributed by atoms with Gasteiger partial charge < -0.3 is 5.32 Å². The lowest BCUT2D eigenvalue weighted by Gasteiger charge is -2.44. The zero-order valence-corrected chi connectivity index (χ0v) is 22.5. The fourth-order valence-corrected chi connectivity index (χ4v) is 7.10. The van der Waals surface area contributed by atoms with Crippen LogP contribution in [0.4, 0.5) is 0 Å². The molecule has 0 amide bonds. The van der Waals surface area contributed by atoms with Crippen molar-refractivity contribution >= 4 is 11.8 Å². The van der Waals surface area contributed by atoms with Crippen LogP contribution in [0.5, 0.6) is 0 Å². The topological polar surface area (TPSA) is 12.0 Å². The zero-order chi connectivity index (χ0) is 22.8. The minimum atomic E-state index is 0.372. The molecule has 1 saturated heterocycles. The molecule has 1 N–H and O–H groups in total. The van der Waals surface area contributed by atoms with Crippen LogP contribution in [0.25, 0.3) is 0 Å². The summed E-state index contributed by atoms with van der Waals surface area (Å²) in [5.41, 5.74) is 0. The van der Waals surface area contributed by atoms with Gasteiger partial charge in [-0.05, 0) is 61.7 Å². The molecule has 9 unspecified atom stereocenters. The molecule has 0 aliphatic carbocycles. The Balaban J connectivity index is 2.81. The van der Waals surface area contributed by atoms with Crippen LogP contribution < -0.4 is 5.32 Å². The van der Waals surface area contributed by atoms with Gasteiger partial charge in [0.25, 0.3) is 0 Å². The molecule has 0 radical (unpaired) electrons. The molecular weight excluding hydrogens is 382 g/mol. The van der Waals surface area contributed by atoms with Crippen molar-refractivity contribution in [1.29, 1.82) is 0 Å². The van der Waals surface area contributed by atoms with Crippen molar-refractivity contribution < 1.29 is 0 Å². The summed E-state index contributed by atoms with van der Waals surface area (Å²) < 4.78 is 0. The van der Waals surface area contributed by atoms with Gasteiger partial charge in [0.1, 0.15) is 0 Å². The number of hydrogen-bond acceptors (Lipinski definition) is 2. The van der Waals surface area contributed by atoms with E-state index in [-0.39, 0.29) is 0 Å². The first kappa shape index (κ1) is 27.9. The highest BCUT2D eigenvalue weighted by molar-refractivity contribution is 8.00. The molecule has 1 fully saturated rings. The largest absolute Gasteiger partial charge is 0.302 e. The number of thioether (sulfide) groups is 1. The third-order valence-electron chi connectivity index (χ3n) is 8.12. The zero-order valence-electron chi connectivity index (χ0n) is 21.7. The van der Waals surface area contributed by atoms with Crippen LogP contribution in [-0.2, 0) is 0 Å². The number of rotatable bonds is 13. The molecule has 1 aliphatic heterocycles. The van der Waals surface area contributed by atoms with Crippen LogP contribution in [0, 0.1) is 53.8 Å². The maximum atomic E-state index is 5.88. The van der Waals surface area contributed by atoms with Crippen LogP contribution in [-0.4, -0.2) is 16.7 Å². The van der Waals surface area contributed by atoms with Crippen LogP contribution in [0.3, 0.4) is 0 Å². The SMILES string of the molecule is C#CC(C)C1CC(CC(C)CC)SC(NC(C)C(C)CC(CCCC)C(C)C)C1C. The maximum Gasteiger partial charge on any atom is 0.0566 e. The lowest BCUT2D eigenvalue weighted by molar-refractivity contribution is 0.205. The molecule has 30 heavy (non-hydrogen) atoms. The summed E-state index contributed by atoms with van der Waals surface area (Å²) in [6, 6.07) is 0.553. The second-order valence-electron chi connectivity index (χ2n) is 11.0. The van der Waals surface area contributed by atoms with Crippen LogP contribution in [0.2, 0.25) is 0 Å². The van der Waals surface area contributed by atoms with E-state index in [4.69, 9.17) is 6.42 Å². The van der Waals surface area contributed by atoms with Crippen molar-refractivity contribution in [1.82, 2.24) is 5.32 Å². The summed E-state index contributed by atoms with van der Waals surface area (Å²) in [6.07, 6.45) is 15.2. The first-order valence-corrected chi connectivity index (χ1v) is 14.0. The smallest absolute Gasteiger partial charge is 0.0566 e. The Morgan fingerprint density at radius 1 is 1.10 bits per heavy atom. The van der Waals surface area contributed by atoms with Crippen molar-refractivity contribution in [2.75, 3.05) is 0 Å². The van der Waals surface area contributed by atoms with E-state index in [1.54, 1.807) is 0 Å². The fourth-order valence-electron chi connectivity index (χ4n) is 5.17. The molecule has 9 atom stereocenters. The third-order valence-corrected chi connectivity index (χ3v) is 9.75. The minimum absolute atomic E-state index is 0.372. The van der Waals surface area contributed by atoms with E-state index in [2.05, 4.69) is 85.3 Å². The minimum Gasteiger partial charge on any atom is -0.302 e. The molecule has 176 valence electrons. The highest BCUT2D eigenvalue weighted by Crippen LogP contribution is 2.44. The van der Waals surface area contributed by atoms with Gasteiger partial charge in [-0.1, -0.05) is 81.1 Å². The molecule has 0 saturated carbocycles. The molecule has 0 aromatic carbocycles. The van der Waals surface area contributed by atoms with Gasteiger partial charge in [-0.3, -0.25) is 0 Å².